The van der Waals surface area contributed by atoms with Crippen LogP contribution in [0, 0.1) is 5.82 Å². The summed E-state index contributed by atoms with van der Waals surface area (Å²) in [5.74, 6) is 1.74. The standard InChI is InChI=1S/C20H24FN3O.HI/c1-22-20(24(2)13-14-8-4-7-11-19(14)25-3)23-18-12-16(18)15-9-5-6-10-17(15)21;/h4-11,16,18H,12-13H2,1-3H3,(H,22,23);1H. The zero-order valence-corrected chi connectivity index (χ0v) is 17.6. The fourth-order valence-corrected chi connectivity index (χ4v) is 3.15. The van der Waals surface area contributed by atoms with E-state index in [0.717, 1.165) is 29.3 Å². The molecule has 26 heavy (non-hydrogen) atoms. The lowest BCUT2D eigenvalue weighted by molar-refractivity contribution is 0.396. The third-order valence-corrected chi connectivity index (χ3v) is 4.58. The number of hydrogen-bond donors (Lipinski definition) is 1. The molecule has 0 aliphatic heterocycles. The van der Waals surface area contributed by atoms with E-state index in [1.54, 1.807) is 20.2 Å². The lowest BCUT2D eigenvalue weighted by Gasteiger charge is -2.23. The van der Waals surface area contributed by atoms with Gasteiger partial charge in [0.1, 0.15) is 11.6 Å². The number of benzene rings is 2. The van der Waals surface area contributed by atoms with Crippen LogP contribution in [0.2, 0.25) is 0 Å². The number of aliphatic imine (C=N–C) groups is 1. The third kappa shape index (κ3) is 4.66. The van der Waals surface area contributed by atoms with Crippen LogP contribution in [0.5, 0.6) is 5.75 Å². The fraction of sp³-hybridized carbons (Fsp3) is 0.350. The molecule has 0 aromatic heterocycles. The molecule has 0 radical (unpaired) electrons. The Morgan fingerprint density at radius 1 is 1.23 bits per heavy atom. The highest BCUT2D eigenvalue weighted by Crippen LogP contribution is 2.41. The Morgan fingerprint density at radius 2 is 1.92 bits per heavy atom. The van der Waals surface area contributed by atoms with E-state index in [4.69, 9.17) is 4.74 Å². The Hall–Kier alpha value is -1.83. The van der Waals surface area contributed by atoms with E-state index in [1.165, 1.54) is 6.07 Å². The lowest BCUT2D eigenvalue weighted by atomic mass is 10.1. The first-order chi connectivity index (χ1) is 12.1. The maximum atomic E-state index is 13.9. The smallest absolute Gasteiger partial charge is 0.193 e. The van der Waals surface area contributed by atoms with Crippen LogP contribution in [-0.2, 0) is 6.54 Å². The number of methoxy groups -OCH3 is 1. The molecule has 1 N–H and O–H groups in total. The second-order valence-electron chi connectivity index (χ2n) is 6.33. The SMILES string of the molecule is CN=C(NC1CC1c1ccccc1F)N(C)Cc1ccccc1OC.I. The number of para-hydroxylation sites is 1. The molecule has 2 unspecified atom stereocenters. The van der Waals surface area contributed by atoms with E-state index in [2.05, 4.69) is 15.2 Å². The molecule has 4 nitrogen and oxygen atoms in total. The number of rotatable bonds is 5. The van der Waals surface area contributed by atoms with Crippen LogP contribution in [0.4, 0.5) is 4.39 Å². The molecule has 1 aliphatic carbocycles. The molecule has 1 fully saturated rings. The molecule has 2 atom stereocenters. The van der Waals surface area contributed by atoms with E-state index in [0.29, 0.717) is 6.54 Å². The largest absolute Gasteiger partial charge is 0.496 e. The first-order valence-electron chi connectivity index (χ1n) is 8.44. The van der Waals surface area contributed by atoms with Gasteiger partial charge >= 0.3 is 0 Å². The van der Waals surface area contributed by atoms with Crippen molar-refractivity contribution in [1.29, 1.82) is 0 Å². The second-order valence-corrected chi connectivity index (χ2v) is 6.33. The predicted octanol–water partition coefficient (Wildman–Crippen LogP) is 4.02. The number of ether oxygens (including phenoxy) is 1. The van der Waals surface area contributed by atoms with Gasteiger partial charge in [-0.15, -0.1) is 24.0 Å². The number of halogens is 2. The highest BCUT2D eigenvalue weighted by molar-refractivity contribution is 14.0. The zero-order chi connectivity index (χ0) is 17.8. The molecule has 0 spiro atoms. The zero-order valence-electron chi connectivity index (χ0n) is 15.3. The Bertz CT molecular complexity index is 768. The summed E-state index contributed by atoms with van der Waals surface area (Å²) in [6.07, 6.45) is 0.919. The van der Waals surface area contributed by atoms with Crippen LogP contribution >= 0.6 is 24.0 Å². The van der Waals surface area contributed by atoms with Crippen molar-refractivity contribution in [2.75, 3.05) is 21.2 Å². The summed E-state index contributed by atoms with van der Waals surface area (Å²) in [7, 11) is 5.43. The first-order valence-corrected chi connectivity index (χ1v) is 8.44. The summed E-state index contributed by atoms with van der Waals surface area (Å²) >= 11 is 0. The van der Waals surface area contributed by atoms with Gasteiger partial charge in [0.15, 0.2) is 5.96 Å². The normalized spacial score (nSPS) is 18.7. The third-order valence-electron chi connectivity index (χ3n) is 4.58. The Kier molecular flexibility index (Phi) is 7.25. The summed E-state index contributed by atoms with van der Waals surface area (Å²) in [6, 6.07) is 15.2. The fourth-order valence-electron chi connectivity index (χ4n) is 3.15. The van der Waals surface area contributed by atoms with Crippen LogP contribution in [0.1, 0.15) is 23.5 Å². The van der Waals surface area contributed by atoms with Crippen molar-refractivity contribution in [3.63, 3.8) is 0 Å². The molecule has 2 aromatic rings. The molecule has 0 amide bonds. The summed E-state index contributed by atoms with van der Waals surface area (Å²) in [4.78, 5) is 6.42. The minimum absolute atomic E-state index is 0. The quantitative estimate of drug-likeness (QED) is 0.409. The molecule has 140 valence electrons. The number of guanidine groups is 1. The van der Waals surface area contributed by atoms with Crippen LogP contribution in [0.15, 0.2) is 53.5 Å². The van der Waals surface area contributed by atoms with Crippen LogP contribution in [0.25, 0.3) is 0 Å². The highest BCUT2D eigenvalue weighted by atomic mass is 127. The molecule has 1 aliphatic rings. The Morgan fingerprint density at radius 3 is 2.62 bits per heavy atom. The second kappa shape index (κ2) is 9.21. The summed E-state index contributed by atoms with van der Waals surface area (Å²) in [6.45, 7) is 0.681. The molecule has 2 aromatic carbocycles. The van der Waals surface area contributed by atoms with E-state index < -0.39 is 0 Å². The molecule has 0 bridgehead atoms. The van der Waals surface area contributed by atoms with Crippen molar-refractivity contribution in [1.82, 2.24) is 10.2 Å². The van der Waals surface area contributed by atoms with Gasteiger partial charge in [0.05, 0.1) is 7.11 Å². The maximum Gasteiger partial charge on any atom is 0.193 e. The predicted molar refractivity (Wildman–Crippen MR) is 114 cm³/mol. The maximum absolute atomic E-state index is 13.9. The van der Waals surface area contributed by atoms with Crippen LogP contribution in [0.3, 0.4) is 0 Å². The Labute approximate surface area is 171 Å². The average Bonchev–Trinajstić information content (AvgIpc) is 3.39. The number of nitrogens with one attached hydrogen (secondary N) is 1. The van der Waals surface area contributed by atoms with Gasteiger partial charge in [-0.25, -0.2) is 4.39 Å². The van der Waals surface area contributed by atoms with Gasteiger partial charge < -0.3 is 15.0 Å². The highest BCUT2D eigenvalue weighted by Gasteiger charge is 2.40. The van der Waals surface area contributed by atoms with Crippen molar-refractivity contribution in [2.24, 2.45) is 4.99 Å². The lowest BCUT2D eigenvalue weighted by Crippen LogP contribution is -2.40. The van der Waals surface area contributed by atoms with Crippen molar-refractivity contribution < 1.29 is 9.13 Å². The minimum Gasteiger partial charge on any atom is -0.496 e. The van der Waals surface area contributed by atoms with Gasteiger partial charge in [0, 0.05) is 38.2 Å². The first kappa shape index (κ1) is 20.5. The van der Waals surface area contributed by atoms with Gasteiger partial charge in [-0.3, -0.25) is 4.99 Å². The van der Waals surface area contributed by atoms with Crippen LogP contribution in [-0.4, -0.2) is 38.1 Å². The van der Waals surface area contributed by atoms with Crippen molar-refractivity contribution >= 4 is 29.9 Å². The molecule has 3 rings (SSSR count). The number of hydrogen-bond acceptors (Lipinski definition) is 2. The van der Waals surface area contributed by atoms with Crippen molar-refractivity contribution in [2.45, 2.75) is 24.9 Å². The molecular formula is C20H25FIN3O. The van der Waals surface area contributed by atoms with Gasteiger partial charge in [0.2, 0.25) is 0 Å². The molecule has 1 saturated carbocycles. The van der Waals surface area contributed by atoms with Crippen LogP contribution < -0.4 is 10.1 Å². The van der Waals surface area contributed by atoms with Crippen molar-refractivity contribution in [3.05, 3.63) is 65.5 Å². The summed E-state index contributed by atoms with van der Waals surface area (Å²) in [5, 5.41) is 3.44. The van der Waals surface area contributed by atoms with E-state index in [9.17, 15) is 4.39 Å². The molecule has 6 heteroatoms. The van der Waals surface area contributed by atoms with Gasteiger partial charge in [-0.05, 0) is 24.1 Å². The summed E-state index contributed by atoms with van der Waals surface area (Å²) < 4.78 is 19.3. The van der Waals surface area contributed by atoms with Crippen molar-refractivity contribution in [3.8, 4) is 5.75 Å². The van der Waals surface area contributed by atoms with Gasteiger partial charge in [-0.2, -0.15) is 0 Å². The topological polar surface area (TPSA) is 36.9 Å². The van der Waals surface area contributed by atoms with E-state index in [1.807, 2.05) is 43.4 Å². The monoisotopic (exact) mass is 469 g/mol. The summed E-state index contributed by atoms with van der Waals surface area (Å²) in [5.41, 5.74) is 1.87. The Balaban J connectivity index is 0.00000243. The average molecular weight is 469 g/mol. The molecule has 0 saturated heterocycles. The molecule has 0 heterocycles. The van der Waals surface area contributed by atoms with Gasteiger partial charge in [-0.1, -0.05) is 36.4 Å². The van der Waals surface area contributed by atoms with E-state index >= 15 is 0 Å². The number of nitrogens with zero attached hydrogens (tertiary/aromatic N) is 2. The van der Waals surface area contributed by atoms with Gasteiger partial charge in [0.25, 0.3) is 0 Å². The molecular weight excluding hydrogens is 444 g/mol. The van der Waals surface area contributed by atoms with E-state index in [-0.39, 0.29) is 41.8 Å². The minimum atomic E-state index is -0.130.